The van der Waals surface area contributed by atoms with Gasteiger partial charge < -0.3 is 15.8 Å². The molecule has 0 aromatic heterocycles. The molecule has 0 saturated carbocycles. The van der Waals surface area contributed by atoms with E-state index >= 15 is 0 Å². The summed E-state index contributed by atoms with van der Waals surface area (Å²) in [6, 6.07) is 11.0. The molecule has 2 aromatic rings. The van der Waals surface area contributed by atoms with Gasteiger partial charge in [-0.05, 0) is 30.3 Å². The zero-order chi connectivity index (χ0) is 14.7. The Labute approximate surface area is 136 Å². The van der Waals surface area contributed by atoms with E-state index in [1.165, 1.54) is 0 Å². The second-order valence-electron chi connectivity index (χ2n) is 4.06. The number of hydrogen-bond acceptors (Lipinski definition) is 3. The van der Waals surface area contributed by atoms with Crippen LogP contribution in [0.15, 0.2) is 40.9 Å². The number of anilines is 2. The number of halogens is 2. The lowest BCUT2D eigenvalue weighted by Gasteiger charge is -2.13. The number of thiocarbonyl (C=S) groups is 1. The van der Waals surface area contributed by atoms with Crippen LogP contribution in [0.1, 0.15) is 5.56 Å². The summed E-state index contributed by atoms with van der Waals surface area (Å²) >= 11 is 14.4. The van der Waals surface area contributed by atoms with E-state index in [1.54, 1.807) is 19.2 Å². The molecule has 6 heteroatoms. The summed E-state index contributed by atoms with van der Waals surface area (Å²) in [5.41, 5.74) is 8.07. The lowest BCUT2D eigenvalue weighted by molar-refractivity contribution is 0.415. The quantitative estimate of drug-likeness (QED) is 0.777. The predicted molar refractivity (Wildman–Crippen MR) is 91.3 cm³/mol. The number of hydrogen-bond donors (Lipinski definition) is 2. The highest BCUT2D eigenvalue weighted by Gasteiger charge is 2.08. The van der Waals surface area contributed by atoms with E-state index in [-0.39, 0.29) is 4.99 Å². The van der Waals surface area contributed by atoms with Crippen molar-refractivity contribution in [1.29, 1.82) is 0 Å². The first-order valence-corrected chi connectivity index (χ1v) is 7.28. The first-order chi connectivity index (χ1) is 9.49. The minimum Gasteiger partial charge on any atom is -0.497 e. The number of nitrogens with two attached hydrogens (primary N) is 1. The van der Waals surface area contributed by atoms with Gasteiger partial charge in [0.1, 0.15) is 10.7 Å². The Morgan fingerprint density at radius 3 is 2.70 bits per heavy atom. The largest absolute Gasteiger partial charge is 0.497 e. The van der Waals surface area contributed by atoms with Crippen LogP contribution in [0, 0.1) is 0 Å². The standard InChI is InChI=1S/C14H12BrClN2OS/c1-19-11-5-8(15)4-10(7-11)18-13-3-2-9(16)6-12(13)14(17)20/h2-7,18H,1H3,(H2,17,20). The van der Waals surface area contributed by atoms with Crippen LogP contribution >= 0.6 is 39.7 Å². The molecule has 0 atom stereocenters. The maximum atomic E-state index is 5.97. The molecule has 0 saturated heterocycles. The van der Waals surface area contributed by atoms with Gasteiger partial charge in [-0.1, -0.05) is 39.7 Å². The number of methoxy groups -OCH3 is 1. The summed E-state index contributed by atoms with van der Waals surface area (Å²) in [7, 11) is 1.62. The molecule has 0 spiro atoms. The third kappa shape index (κ3) is 3.62. The van der Waals surface area contributed by atoms with Crippen LogP contribution in [0.25, 0.3) is 0 Å². The average Bonchev–Trinajstić information content (AvgIpc) is 2.40. The van der Waals surface area contributed by atoms with Gasteiger partial charge in [-0.15, -0.1) is 0 Å². The van der Waals surface area contributed by atoms with Crippen LogP contribution in [0.5, 0.6) is 5.75 Å². The molecule has 3 N–H and O–H groups in total. The molecule has 20 heavy (non-hydrogen) atoms. The van der Waals surface area contributed by atoms with Crippen molar-refractivity contribution in [2.24, 2.45) is 5.73 Å². The number of ether oxygens (including phenoxy) is 1. The zero-order valence-electron chi connectivity index (χ0n) is 10.6. The summed E-state index contributed by atoms with van der Waals surface area (Å²) in [6.45, 7) is 0. The van der Waals surface area contributed by atoms with Crippen LogP contribution in [0.3, 0.4) is 0 Å². The Kier molecular flexibility index (Phi) is 4.86. The topological polar surface area (TPSA) is 47.3 Å². The van der Waals surface area contributed by atoms with E-state index in [0.717, 1.165) is 21.6 Å². The Hall–Kier alpha value is -1.30. The lowest BCUT2D eigenvalue weighted by Crippen LogP contribution is -2.12. The van der Waals surface area contributed by atoms with Crippen molar-refractivity contribution in [3.05, 3.63) is 51.5 Å². The Morgan fingerprint density at radius 2 is 2.05 bits per heavy atom. The van der Waals surface area contributed by atoms with Crippen LogP contribution in [-0.2, 0) is 0 Å². The van der Waals surface area contributed by atoms with Crippen molar-refractivity contribution in [3.8, 4) is 5.75 Å². The van der Waals surface area contributed by atoms with Gasteiger partial charge in [0.25, 0.3) is 0 Å². The molecular formula is C14H12BrClN2OS. The number of nitrogens with one attached hydrogen (secondary N) is 1. The van der Waals surface area contributed by atoms with Gasteiger partial charge in [0.2, 0.25) is 0 Å². The van der Waals surface area contributed by atoms with E-state index in [4.69, 9.17) is 34.3 Å². The predicted octanol–water partition coefficient (Wildman–Crippen LogP) is 4.49. The van der Waals surface area contributed by atoms with Gasteiger partial charge >= 0.3 is 0 Å². The van der Waals surface area contributed by atoms with Gasteiger partial charge in [0.15, 0.2) is 0 Å². The van der Waals surface area contributed by atoms with Crippen molar-refractivity contribution in [1.82, 2.24) is 0 Å². The fourth-order valence-corrected chi connectivity index (χ4v) is 2.55. The first kappa shape index (κ1) is 15.1. The smallest absolute Gasteiger partial charge is 0.122 e. The Morgan fingerprint density at radius 1 is 1.30 bits per heavy atom. The molecule has 0 aliphatic heterocycles. The molecule has 0 aliphatic rings. The minimum atomic E-state index is 0.289. The summed E-state index contributed by atoms with van der Waals surface area (Å²) in [5.74, 6) is 0.743. The first-order valence-electron chi connectivity index (χ1n) is 5.70. The zero-order valence-corrected chi connectivity index (χ0v) is 13.8. The summed E-state index contributed by atoms with van der Waals surface area (Å²) < 4.78 is 6.14. The van der Waals surface area contributed by atoms with Crippen molar-refractivity contribution in [3.63, 3.8) is 0 Å². The van der Waals surface area contributed by atoms with Crippen LogP contribution in [-0.4, -0.2) is 12.1 Å². The fourth-order valence-electron chi connectivity index (χ4n) is 1.74. The molecule has 0 radical (unpaired) electrons. The summed E-state index contributed by atoms with van der Waals surface area (Å²) in [5, 5.41) is 3.85. The second kappa shape index (κ2) is 6.43. The molecule has 2 aromatic carbocycles. The van der Waals surface area contributed by atoms with Gasteiger partial charge in [-0.25, -0.2) is 0 Å². The van der Waals surface area contributed by atoms with E-state index < -0.39 is 0 Å². The van der Waals surface area contributed by atoms with Crippen molar-refractivity contribution < 1.29 is 4.74 Å². The van der Waals surface area contributed by atoms with Crippen molar-refractivity contribution in [2.75, 3.05) is 12.4 Å². The van der Waals surface area contributed by atoms with Gasteiger partial charge in [0, 0.05) is 32.5 Å². The summed E-state index contributed by atoms with van der Waals surface area (Å²) in [4.78, 5) is 0.289. The maximum Gasteiger partial charge on any atom is 0.122 e. The SMILES string of the molecule is COc1cc(Br)cc(Nc2ccc(Cl)cc2C(N)=S)c1. The van der Waals surface area contributed by atoms with Gasteiger partial charge in [-0.2, -0.15) is 0 Å². The van der Waals surface area contributed by atoms with Gasteiger partial charge in [0.05, 0.1) is 7.11 Å². The third-order valence-electron chi connectivity index (χ3n) is 2.63. The molecule has 0 fully saturated rings. The van der Waals surface area contributed by atoms with Crippen molar-refractivity contribution >= 4 is 56.1 Å². The lowest BCUT2D eigenvalue weighted by atomic mass is 10.1. The molecule has 2 rings (SSSR count). The Balaban J connectivity index is 2.39. The number of rotatable bonds is 4. The monoisotopic (exact) mass is 370 g/mol. The minimum absolute atomic E-state index is 0.289. The van der Waals surface area contributed by atoms with Crippen LogP contribution < -0.4 is 15.8 Å². The molecule has 0 amide bonds. The van der Waals surface area contributed by atoms with E-state index in [9.17, 15) is 0 Å². The molecule has 104 valence electrons. The van der Waals surface area contributed by atoms with E-state index in [1.807, 2.05) is 24.3 Å². The molecule has 0 aliphatic carbocycles. The van der Waals surface area contributed by atoms with E-state index in [2.05, 4.69) is 21.2 Å². The van der Waals surface area contributed by atoms with E-state index in [0.29, 0.717) is 10.6 Å². The fraction of sp³-hybridized carbons (Fsp3) is 0.0714. The highest BCUT2D eigenvalue weighted by molar-refractivity contribution is 9.10. The summed E-state index contributed by atoms with van der Waals surface area (Å²) in [6.07, 6.45) is 0. The third-order valence-corrected chi connectivity index (χ3v) is 3.55. The second-order valence-corrected chi connectivity index (χ2v) is 5.85. The van der Waals surface area contributed by atoms with Crippen molar-refractivity contribution in [2.45, 2.75) is 0 Å². The average molecular weight is 372 g/mol. The molecular weight excluding hydrogens is 360 g/mol. The molecule has 0 unspecified atom stereocenters. The molecule has 0 heterocycles. The van der Waals surface area contributed by atoms with Gasteiger partial charge in [-0.3, -0.25) is 0 Å². The van der Waals surface area contributed by atoms with Crippen LogP contribution in [0.2, 0.25) is 5.02 Å². The van der Waals surface area contributed by atoms with Crippen LogP contribution in [0.4, 0.5) is 11.4 Å². The number of benzene rings is 2. The normalized spacial score (nSPS) is 10.2. The highest BCUT2D eigenvalue weighted by atomic mass is 79.9. The highest BCUT2D eigenvalue weighted by Crippen LogP contribution is 2.29. The maximum absolute atomic E-state index is 5.97. The molecule has 3 nitrogen and oxygen atoms in total. The Bertz CT molecular complexity index is 664. The molecule has 0 bridgehead atoms.